The molecule has 3 rings (SSSR count). The van der Waals surface area contributed by atoms with Gasteiger partial charge in [-0.05, 0) is 43.9 Å². The molecule has 1 saturated heterocycles. The number of anilines is 1. The summed E-state index contributed by atoms with van der Waals surface area (Å²) in [5.41, 5.74) is 1.55. The number of hydrogen-bond donors (Lipinski definition) is 2. The molecule has 1 heterocycles. The third-order valence-corrected chi connectivity index (χ3v) is 7.12. The summed E-state index contributed by atoms with van der Waals surface area (Å²) < 4.78 is 30.7. The van der Waals surface area contributed by atoms with Crippen molar-refractivity contribution in [3.05, 3.63) is 28.8 Å². The highest BCUT2D eigenvalue weighted by Gasteiger charge is 2.35. The van der Waals surface area contributed by atoms with Crippen LogP contribution in [0.1, 0.15) is 26.2 Å². The van der Waals surface area contributed by atoms with Gasteiger partial charge in [0.25, 0.3) is 0 Å². The highest BCUT2D eigenvalue weighted by Crippen LogP contribution is 2.40. The minimum atomic E-state index is -3.89. The predicted octanol–water partition coefficient (Wildman–Crippen LogP) is 3.32. The molecule has 7 nitrogen and oxygen atoms in total. The molecule has 2 N–H and O–H groups in total. The summed E-state index contributed by atoms with van der Waals surface area (Å²) in [5.74, 6) is -0.586. The summed E-state index contributed by atoms with van der Waals surface area (Å²) >= 11 is 6.03. The Balaban J connectivity index is 1.90. The number of nitrogens with zero attached hydrogens (tertiary/aromatic N) is 1. The summed E-state index contributed by atoms with van der Waals surface area (Å²) in [5, 5.41) is 12.0. The number of phenols is 1. The molecule has 1 atom stereocenters. The Kier molecular flexibility index (Phi) is 5.36. The Hall–Kier alpha value is -1.90. The number of ether oxygens (including phenoxy) is 1. The average Bonchev–Trinajstić information content (AvgIpc) is 3.23. The summed E-state index contributed by atoms with van der Waals surface area (Å²) in [6, 6.07) is 1.99. The van der Waals surface area contributed by atoms with Crippen molar-refractivity contribution in [2.75, 3.05) is 18.5 Å². The van der Waals surface area contributed by atoms with Gasteiger partial charge in [-0.1, -0.05) is 17.7 Å². The average molecular weight is 399 g/mol. The second-order valence-corrected chi connectivity index (χ2v) is 8.79. The number of amides is 2. The van der Waals surface area contributed by atoms with Crippen LogP contribution in [0.5, 0.6) is 5.75 Å². The Labute approximate surface area is 156 Å². The molecule has 0 unspecified atom stereocenters. The smallest absolute Gasteiger partial charge is 0.345 e. The van der Waals surface area contributed by atoms with Gasteiger partial charge in [0.05, 0.1) is 22.6 Å². The molecule has 2 amide bonds. The van der Waals surface area contributed by atoms with Crippen molar-refractivity contribution in [3.8, 4) is 5.75 Å². The van der Waals surface area contributed by atoms with Crippen molar-refractivity contribution in [1.29, 1.82) is 0 Å². The maximum atomic E-state index is 12.8. The van der Waals surface area contributed by atoms with E-state index in [0.717, 1.165) is 12.0 Å². The number of phenolic OH excluding ortho intramolecular Hbond substituents is 1. The molecule has 1 aromatic carbocycles. The third kappa shape index (κ3) is 3.62. The standard InChI is InChI=1S/C17H19ClN2O5S/c1-10-3-2-4-13(10)19-17(22)20-14-6-5-12(18)16(15(14)21)26(23,24)11-7-8-25-9-11/h3,5-6,11,21H,2,4,7-9H2,1H3,(H,20,22)/b19-13-/t11-/m0/s1. The number of benzene rings is 1. The normalized spacial score (nSPS) is 21.8. The number of rotatable bonds is 3. The van der Waals surface area contributed by atoms with Crippen molar-refractivity contribution >= 4 is 38.9 Å². The van der Waals surface area contributed by atoms with Gasteiger partial charge in [0.2, 0.25) is 0 Å². The van der Waals surface area contributed by atoms with Crippen LogP contribution in [0, 0.1) is 0 Å². The molecule has 0 bridgehead atoms. The van der Waals surface area contributed by atoms with Gasteiger partial charge in [-0.3, -0.25) is 0 Å². The topological polar surface area (TPSA) is 105 Å². The lowest BCUT2D eigenvalue weighted by Gasteiger charge is -2.15. The van der Waals surface area contributed by atoms with E-state index in [1.807, 2.05) is 13.0 Å². The number of carbonyl (C=O) groups is 1. The second-order valence-electron chi connectivity index (χ2n) is 6.22. The van der Waals surface area contributed by atoms with E-state index in [-0.39, 0.29) is 17.3 Å². The van der Waals surface area contributed by atoms with E-state index in [1.54, 1.807) is 0 Å². The molecule has 1 aliphatic heterocycles. The number of aromatic hydroxyl groups is 1. The summed E-state index contributed by atoms with van der Waals surface area (Å²) in [6.07, 6.45) is 3.82. The lowest BCUT2D eigenvalue weighted by atomic mass is 10.2. The van der Waals surface area contributed by atoms with Crippen molar-refractivity contribution in [3.63, 3.8) is 0 Å². The first-order chi connectivity index (χ1) is 12.3. The number of urea groups is 1. The number of nitrogens with one attached hydrogen (secondary N) is 1. The van der Waals surface area contributed by atoms with E-state index in [9.17, 15) is 18.3 Å². The molecular weight excluding hydrogens is 380 g/mol. The van der Waals surface area contributed by atoms with Gasteiger partial charge < -0.3 is 15.2 Å². The monoisotopic (exact) mass is 398 g/mol. The van der Waals surface area contributed by atoms with Crippen molar-refractivity contribution in [1.82, 2.24) is 0 Å². The largest absolute Gasteiger partial charge is 0.504 e. The fourth-order valence-corrected chi connectivity index (χ4v) is 5.20. The van der Waals surface area contributed by atoms with E-state index in [0.29, 0.717) is 25.2 Å². The Morgan fingerprint density at radius 2 is 2.19 bits per heavy atom. The first-order valence-electron chi connectivity index (χ1n) is 8.19. The van der Waals surface area contributed by atoms with Crippen LogP contribution in [0.4, 0.5) is 10.5 Å². The van der Waals surface area contributed by atoms with Crippen LogP contribution < -0.4 is 5.32 Å². The van der Waals surface area contributed by atoms with Crippen molar-refractivity contribution < 1.29 is 23.1 Å². The van der Waals surface area contributed by atoms with E-state index >= 15 is 0 Å². The predicted molar refractivity (Wildman–Crippen MR) is 99.0 cm³/mol. The van der Waals surface area contributed by atoms with Gasteiger partial charge >= 0.3 is 6.03 Å². The van der Waals surface area contributed by atoms with Crippen LogP contribution >= 0.6 is 11.6 Å². The van der Waals surface area contributed by atoms with Gasteiger partial charge in [0.15, 0.2) is 15.6 Å². The van der Waals surface area contributed by atoms with Crippen LogP contribution in [0.3, 0.4) is 0 Å². The summed E-state index contributed by atoms with van der Waals surface area (Å²) in [7, 11) is -3.89. The third-order valence-electron chi connectivity index (χ3n) is 4.46. The molecule has 0 saturated carbocycles. The molecule has 2 aliphatic rings. The summed E-state index contributed by atoms with van der Waals surface area (Å²) in [4.78, 5) is 15.7. The minimum absolute atomic E-state index is 0.0496. The quantitative estimate of drug-likeness (QED) is 0.760. The molecule has 1 aliphatic carbocycles. The maximum Gasteiger partial charge on any atom is 0.345 e. The molecule has 0 spiro atoms. The molecule has 1 fully saturated rings. The maximum absolute atomic E-state index is 12.8. The number of carbonyl (C=O) groups excluding carboxylic acids is 1. The SMILES string of the molecule is CC1=CCC/C1=N/C(=O)Nc1ccc(Cl)c(S(=O)(=O)[C@H]2CCOC2)c1O. The van der Waals surface area contributed by atoms with Crippen LogP contribution in [0.15, 0.2) is 33.7 Å². The molecule has 0 radical (unpaired) electrons. The van der Waals surface area contributed by atoms with Crippen LogP contribution in [-0.2, 0) is 14.6 Å². The number of sulfone groups is 1. The zero-order valence-electron chi connectivity index (χ0n) is 14.2. The van der Waals surface area contributed by atoms with Gasteiger partial charge in [-0.25, -0.2) is 13.2 Å². The molecular formula is C17H19ClN2O5S. The number of allylic oxidation sites excluding steroid dienone is 2. The molecule has 26 heavy (non-hydrogen) atoms. The van der Waals surface area contributed by atoms with Crippen LogP contribution in [0.25, 0.3) is 0 Å². The number of hydrogen-bond acceptors (Lipinski definition) is 5. The Morgan fingerprint density at radius 3 is 2.81 bits per heavy atom. The molecule has 9 heteroatoms. The first-order valence-corrected chi connectivity index (χ1v) is 10.1. The van der Waals surface area contributed by atoms with Crippen LogP contribution in [-0.4, -0.2) is 43.7 Å². The summed E-state index contributed by atoms with van der Waals surface area (Å²) in [6.45, 7) is 2.25. The van der Waals surface area contributed by atoms with E-state index in [4.69, 9.17) is 16.3 Å². The van der Waals surface area contributed by atoms with E-state index < -0.39 is 31.8 Å². The minimum Gasteiger partial charge on any atom is -0.504 e. The highest BCUT2D eigenvalue weighted by atomic mass is 35.5. The second kappa shape index (κ2) is 7.38. The van der Waals surface area contributed by atoms with Crippen LogP contribution in [0.2, 0.25) is 5.02 Å². The fourth-order valence-electron chi connectivity index (χ4n) is 2.99. The number of halogens is 1. The molecule has 0 aromatic heterocycles. The van der Waals surface area contributed by atoms with Crippen molar-refractivity contribution in [2.45, 2.75) is 36.3 Å². The zero-order chi connectivity index (χ0) is 18.9. The van der Waals surface area contributed by atoms with Gasteiger partial charge in [0.1, 0.15) is 4.90 Å². The number of aliphatic imine (C=N–C) groups is 1. The fraction of sp³-hybridized carbons (Fsp3) is 0.412. The molecule has 1 aromatic rings. The first kappa shape index (κ1) is 18.9. The highest BCUT2D eigenvalue weighted by molar-refractivity contribution is 7.92. The Bertz CT molecular complexity index is 902. The Morgan fingerprint density at radius 1 is 1.42 bits per heavy atom. The zero-order valence-corrected chi connectivity index (χ0v) is 15.7. The van der Waals surface area contributed by atoms with Gasteiger partial charge in [-0.15, -0.1) is 0 Å². The van der Waals surface area contributed by atoms with Gasteiger partial charge in [-0.2, -0.15) is 4.99 Å². The van der Waals surface area contributed by atoms with E-state index in [2.05, 4.69) is 10.3 Å². The van der Waals surface area contributed by atoms with Crippen molar-refractivity contribution in [2.24, 2.45) is 4.99 Å². The molecule has 140 valence electrons. The lowest BCUT2D eigenvalue weighted by Crippen LogP contribution is -2.22. The lowest BCUT2D eigenvalue weighted by molar-refractivity contribution is 0.198. The van der Waals surface area contributed by atoms with E-state index in [1.165, 1.54) is 12.1 Å². The van der Waals surface area contributed by atoms with Gasteiger partial charge in [0, 0.05) is 12.3 Å².